The molecule has 1 aliphatic heterocycles. The molecule has 25 heavy (non-hydrogen) atoms. The second-order valence-electron chi connectivity index (χ2n) is 7.12. The summed E-state index contributed by atoms with van der Waals surface area (Å²) in [6, 6.07) is 7.23. The number of carbonyl (C=O) groups excluding carboxylic acids is 2. The Morgan fingerprint density at radius 2 is 1.64 bits per heavy atom. The Balaban J connectivity index is 1.81. The highest BCUT2D eigenvalue weighted by Crippen LogP contribution is 2.14. The molecule has 1 aliphatic rings. The summed E-state index contributed by atoms with van der Waals surface area (Å²) < 4.78 is 10.8. The first kappa shape index (κ1) is 19.2. The summed E-state index contributed by atoms with van der Waals surface area (Å²) >= 11 is 0. The molecule has 1 heterocycles. The van der Waals surface area contributed by atoms with Crippen LogP contribution < -0.4 is 4.74 Å². The van der Waals surface area contributed by atoms with Gasteiger partial charge in [0, 0.05) is 31.7 Å². The van der Waals surface area contributed by atoms with Crippen LogP contribution in [0.15, 0.2) is 24.3 Å². The van der Waals surface area contributed by atoms with Gasteiger partial charge in [0.25, 0.3) is 0 Å². The number of ether oxygens (including phenoxy) is 2. The first-order valence-corrected chi connectivity index (χ1v) is 8.75. The Bertz CT molecular complexity index is 584. The van der Waals surface area contributed by atoms with Crippen molar-refractivity contribution >= 4 is 11.9 Å². The third kappa shape index (κ3) is 6.05. The highest BCUT2D eigenvalue weighted by atomic mass is 16.6. The summed E-state index contributed by atoms with van der Waals surface area (Å²) in [6.07, 6.45) is -0.287. The molecule has 1 saturated heterocycles. The number of hydrogen-bond acceptors (Lipinski definition) is 5. The van der Waals surface area contributed by atoms with Gasteiger partial charge in [0.15, 0.2) is 5.78 Å². The van der Waals surface area contributed by atoms with E-state index in [0.29, 0.717) is 44.9 Å². The quantitative estimate of drug-likeness (QED) is 0.766. The molecule has 0 spiro atoms. The van der Waals surface area contributed by atoms with E-state index in [2.05, 4.69) is 4.90 Å². The lowest BCUT2D eigenvalue weighted by Gasteiger charge is -2.35. The van der Waals surface area contributed by atoms with E-state index in [1.165, 1.54) is 0 Å². The number of ketones is 1. The van der Waals surface area contributed by atoms with Gasteiger partial charge in [-0.2, -0.15) is 0 Å². The van der Waals surface area contributed by atoms with Crippen molar-refractivity contribution in [2.24, 2.45) is 0 Å². The van der Waals surface area contributed by atoms with E-state index in [1.807, 2.05) is 39.8 Å². The molecule has 1 aromatic carbocycles. The van der Waals surface area contributed by atoms with Crippen LogP contribution in [0.5, 0.6) is 5.75 Å². The molecule has 0 saturated carbocycles. The van der Waals surface area contributed by atoms with Crippen LogP contribution in [-0.2, 0) is 4.74 Å². The molecular weight excluding hydrogens is 320 g/mol. The maximum atomic E-state index is 12.4. The smallest absolute Gasteiger partial charge is 0.410 e. The minimum atomic E-state index is -0.488. The Morgan fingerprint density at radius 1 is 1.04 bits per heavy atom. The van der Waals surface area contributed by atoms with E-state index >= 15 is 0 Å². The number of Topliss-reactive ketones (excluding diaryl/α,β-unsaturated/α-hetero) is 1. The van der Waals surface area contributed by atoms with Crippen molar-refractivity contribution in [1.82, 2.24) is 9.80 Å². The maximum absolute atomic E-state index is 12.4. The molecule has 0 radical (unpaired) electrons. The van der Waals surface area contributed by atoms with Crippen LogP contribution in [0.25, 0.3) is 0 Å². The average molecular weight is 348 g/mol. The van der Waals surface area contributed by atoms with Crippen molar-refractivity contribution in [3.05, 3.63) is 29.8 Å². The number of amides is 1. The SMILES string of the molecule is CCOc1ccc(C(=O)CN2CCN(C(=O)OC(C)(C)C)CC2)cc1. The zero-order valence-electron chi connectivity index (χ0n) is 15.6. The predicted octanol–water partition coefficient (Wildman–Crippen LogP) is 2.82. The summed E-state index contributed by atoms with van der Waals surface area (Å²) in [6.45, 7) is 11.0. The molecule has 0 aliphatic carbocycles. The second-order valence-corrected chi connectivity index (χ2v) is 7.12. The molecule has 0 unspecified atom stereocenters. The topological polar surface area (TPSA) is 59.1 Å². The zero-order valence-corrected chi connectivity index (χ0v) is 15.6. The summed E-state index contributed by atoms with van der Waals surface area (Å²) in [7, 11) is 0. The molecular formula is C19H28N2O4. The van der Waals surface area contributed by atoms with Crippen LogP contribution in [0.1, 0.15) is 38.1 Å². The van der Waals surface area contributed by atoms with Gasteiger partial charge in [-0.3, -0.25) is 9.69 Å². The number of nitrogens with zero attached hydrogens (tertiary/aromatic N) is 2. The van der Waals surface area contributed by atoms with Gasteiger partial charge in [0.2, 0.25) is 0 Å². The minimum absolute atomic E-state index is 0.0776. The fraction of sp³-hybridized carbons (Fsp3) is 0.579. The normalized spacial score (nSPS) is 15.8. The Hall–Kier alpha value is -2.08. The lowest BCUT2D eigenvalue weighted by molar-refractivity contribution is 0.0149. The molecule has 2 rings (SSSR count). The monoisotopic (exact) mass is 348 g/mol. The Morgan fingerprint density at radius 3 is 2.16 bits per heavy atom. The lowest BCUT2D eigenvalue weighted by atomic mass is 10.1. The standard InChI is InChI=1S/C19H28N2O4/c1-5-24-16-8-6-15(7-9-16)17(22)14-20-10-12-21(13-11-20)18(23)25-19(2,3)4/h6-9H,5,10-14H2,1-4H3. The maximum Gasteiger partial charge on any atom is 0.410 e. The molecule has 1 fully saturated rings. The van der Waals surface area contributed by atoms with Crippen LogP contribution in [-0.4, -0.2) is 66.6 Å². The third-order valence-electron chi connectivity index (χ3n) is 3.88. The van der Waals surface area contributed by atoms with E-state index in [0.717, 1.165) is 5.75 Å². The van der Waals surface area contributed by atoms with Gasteiger partial charge in [0.05, 0.1) is 13.2 Å². The molecule has 0 atom stereocenters. The van der Waals surface area contributed by atoms with E-state index in [1.54, 1.807) is 17.0 Å². The molecule has 1 aromatic rings. The molecule has 0 N–H and O–H groups in total. The molecule has 6 nitrogen and oxygen atoms in total. The number of piperazine rings is 1. The van der Waals surface area contributed by atoms with Gasteiger partial charge in [-0.1, -0.05) is 0 Å². The van der Waals surface area contributed by atoms with Crippen LogP contribution >= 0.6 is 0 Å². The van der Waals surface area contributed by atoms with Gasteiger partial charge in [-0.15, -0.1) is 0 Å². The largest absolute Gasteiger partial charge is 0.494 e. The lowest BCUT2D eigenvalue weighted by Crippen LogP contribution is -2.51. The molecule has 6 heteroatoms. The van der Waals surface area contributed by atoms with Crippen molar-refractivity contribution in [2.75, 3.05) is 39.3 Å². The van der Waals surface area contributed by atoms with Gasteiger partial charge < -0.3 is 14.4 Å². The van der Waals surface area contributed by atoms with E-state index in [-0.39, 0.29) is 11.9 Å². The summed E-state index contributed by atoms with van der Waals surface area (Å²) in [5.74, 6) is 0.846. The number of rotatable bonds is 5. The first-order valence-electron chi connectivity index (χ1n) is 8.75. The van der Waals surface area contributed by atoms with Crippen molar-refractivity contribution in [3.8, 4) is 5.75 Å². The highest BCUT2D eigenvalue weighted by Gasteiger charge is 2.26. The first-order chi connectivity index (χ1) is 11.8. The van der Waals surface area contributed by atoms with Crippen LogP contribution in [0, 0.1) is 0 Å². The number of hydrogen-bond donors (Lipinski definition) is 0. The summed E-state index contributed by atoms with van der Waals surface area (Å²) in [5.41, 5.74) is 0.190. The van der Waals surface area contributed by atoms with E-state index in [4.69, 9.17) is 9.47 Å². The molecule has 0 aromatic heterocycles. The van der Waals surface area contributed by atoms with Crippen LogP contribution in [0.3, 0.4) is 0 Å². The fourth-order valence-electron chi connectivity index (χ4n) is 2.61. The molecule has 138 valence electrons. The van der Waals surface area contributed by atoms with E-state index < -0.39 is 5.60 Å². The van der Waals surface area contributed by atoms with E-state index in [9.17, 15) is 9.59 Å². The van der Waals surface area contributed by atoms with Crippen molar-refractivity contribution < 1.29 is 19.1 Å². The van der Waals surface area contributed by atoms with Crippen molar-refractivity contribution in [2.45, 2.75) is 33.3 Å². The fourth-order valence-corrected chi connectivity index (χ4v) is 2.61. The highest BCUT2D eigenvalue weighted by molar-refractivity contribution is 5.97. The summed E-state index contributed by atoms with van der Waals surface area (Å²) in [5, 5.41) is 0. The van der Waals surface area contributed by atoms with Crippen LogP contribution in [0.2, 0.25) is 0 Å². The van der Waals surface area contributed by atoms with Crippen molar-refractivity contribution in [1.29, 1.82) is 0 Å². The Kier molecular flexibility index (Phi) is 6.42. The predicted molar refractivity (Wildman–Crippen MR) is 96.2 cm³/mol. The van der Waals surface area contributed by atoms with Gasteiger partial charge in [-0.05, 0) is 52.0 Å². The molecule has 1 amide bonds. The number of carbonyl (C=O) groups is 2. The van der Waals surface area contributed by atoms with Gasteiger partial charge in [0.1, 0.15) is 11.4 Å². The zero-order chi connectivity index (χ0) is 18.4. The number of benzene rings is 1. The average Bonchev–Trinajstić information content (AvgIpc) is 2.55. The third-order valence-corrected chi connectivity index (χ3v) is 3.88. The second kappa shape index (κ2) is 8.34. The van der Waals surface area contributed by atoms with Gasteiger partial charge in [-0.25, -0.2) is 4.79 Å². The van der Waals surface area contributed by atoms with Crippen molar-refractivity contribution in [3.63, 3.8) is 0 Å². The molecule has 0 bridgehead atoms. The van der Waals surface area contributed by atoms with Gasteiger partial charge >= 0.3 is 6.09 Å². The van der Waals surface area contributed by atoms with Crippen LogP contribution in [0.4, 0.5) is 4.79 Å². The Labute approximate surface area is 149 Å². The summed E-state index contributed by atoms with van der Waals surface area (Å²) in [4.78, 5) is 28.2. The minimum Gasteiger partial charge on any atom is -0.494 e.